The molecule has 5 rings (SSSR count). The zero-order valence-electron chi connectivity index (χ0n) is 22.2. The van der Waals surface area contributed by atoms with Gasteiger partial charge in [0.15, 0.2) is 0 Å². The number of benzene rings is 3. The summed E-state index contributed by atoms with van der Waals surface area (Å²) in [5.74, 6) is 2.19. The van der Waals surface area contributed by atoms with Gasteiger partial charge in [-0.2, -0.15) is 4.98 Å². The Balaban J connectivity index is 1.48. The van der Waals surface area contributed by atoms with E-state index >= 15 is 0 Å². The van der Waals surface area contributed by atoms with Crippen LogP contribution in [0.5, 0.6) is 5.75 Å². The Kier molecular flexibility index (Phi) is 7.95. The van der Waals surface area contributed by atoms with Gasteiger partial charge in [0.05, 0.1) is 12.7 Å². The first kappa shape index (κ1) is 26.8. The Morgan fingerprint density at radius 1 is 1.13 bits per heavy atom. The Morgan fingerprint density at radius 2 is 1.87 bits per heavy atom. The first-order valence-corrected chi connectivity index (χ1v) is 14.1. The lowest BCUT2D eigenvalue weighted by Gasteiger charge is -2.29. The fourth-order valence-corrected chi connectivity index (χ4v) is 5.49. The third-order valence-electron chi connectivity index (χ3n) is 6.60. The minimum Gasteiger partial charge on any atom is -0.497 e. The molecule has 7 nitrogen and oxygen atoms in total. The number of ether oxygens (including phenoxy) is 1. The molecule has 1 aliphatic rings. The fraction of sp³-hybridized carbons (Fsp3) is 0.233. The number of aromatic nitrogens is 3. The minimum atomic E-state index is -0.450. The van der Waals surface area contributed by atoms with Crippen LogP contribution in [0.3, 0.4) is 0 Å². The van der Waals surface area contributed by atoms with Gasteiger partial charge in [0.25, 0.3) is 5.91 Å². The summed E-state index contributed by atoms with van der Waals surface area (Å²) in [7, 11) is 1.61. The van der Waals surface area contributed by atoms with Crippen LogP contribution in [0.25, 0.3) is 0 Å². The molecular weight excluding hydrogens is 530 g/mol. The number of hydrogen-bond acceptors (Lipinski definition) is 6. The zero-order chi connectivity index (χ0) is 27.5. The second-order valence-corrected chi connectivity index (χ2v) is 11.0. The third kappa shape index (κ3) is 5.97. The van der Waals surface area contributed by atoms with Gasteiger partial charge < -0.3 is 15.4 Å². The van der Waals surface area contributed by atoms with Gasteiger partial charge in [-0.3, -0.25) is 4.79 Å². The summed E-state index contributed by atoms with van der Waals surface area (Å²) in [6.45, 7) is 6.22. The van der Waals surface area contributed by atoms with Gasteiger partial charge in [-0.15, -0.1) is 5.10 Å². The van der Waals surface area contributed by atoms with Crippen molar-refractivity contribution in [2.45, 2.75) is 43.6 Å². The predicted octanol–water partition coefficient (Wildman–Crippen LogP) is 7.28. The molecule has 1 aliphatic heterocycles. The summed E-state index contributed by atoms with van der Waals surface area (Å²) in [6.07, 6.45) is 0. The van der Waals surface area contributed by atoms with E-state index in [1.807, 2.05) is 55.5 Å². The predicted molar refractivity (Wildman–Crippen MR) is 158 cm³/mol. The van der Waals surface area contributed by atoms with Gasteiger partial charge in [0.2, 0.25) is 11.1 Å². The number of carbonyl (C=O) groups is 1. The van der Waals surface area contributed by atoms with Crippen LogP contribution in [0, 0.1) is 0 Å². The summed E-state index contributed by atoms with van der Waals surface area (Å²) in [5.41, 5.74) is 5.25. The Hall–Kier alpha value is -3.75. The first-order chi connectivity index (χ1) is 18.8. The smallest absolute Gasteiger partial charge is 0.255 e. The highest BCUT2D eigenvalue weighted by Crippen LogP contribution is 2.37. The zero-order valence-corrected chi connectivity index (χ0v) is 23.8. The average molecular weight is 560 g/mol. The number of anilines is 2. The van der Waals surface area contributed by atoms with E-state index in [1.165, 1.54) is 17.3 Å². The number of fused-ring (bicyclic) bond motifs is 1. The number of thioether (sulfide) groups is 1. The Labute approximate surface area is 237 Å². The topological polar surface area (TPSA) is 81.1 Å². The van der Waals surface area contributed by atoms with Crippen molar-refractivity contribution < 1.29 is 9.53 Å². The molecule has 0 unspecified atom stereocenters. The fourth-order valence-electron chi connectivity index (χ4n) is 4.51. The highest BCUT2D eigenvalue weighted by molar-refractivity contribution is 7.98. The molecule has 0 radical (unpaired) electrons. The van der Waals surface area contributed by atoms with Crippen LogP contribution in [0.4, 0.5) is 11.6 Å². The molecule has 1 amide bonds. The second kappa shape index (κ2) is 11.6. The molecule has 200 valence electrons. The van der Waals surface area contributed by atoms with Gasteiger partial charge in [-0.25, -0.2) is 4.68 Å². The number of hydrogen-bond donors (Lipinski definition) is 2. The van der Waals surface area contributed by atoms with Crippen molar-refractivity contribution in [3.63, 3.8) is 0 Å². The molecule has 3 aromatic carbocycles. The van der Waals surface area contributed by atoms with E-state index in [1.54, 1.807) is 11.8 Å². The van der Waals surface area contributed by atoms with Crippen LogP contribution in [-0.4, -0.2) is 27.8 Å². The lowest BCUT2D eigenvalue weighted by atomic mass is 9.93. The number of allylic oxidation sites excluding steroid dienone is 1. The number of methoxy groups -OCH3 is 1. The molecular formula is C30H30ClN5O2S. The van der Waals surface area contributed by atoms with Crippen LogP contribution in [0.2, 0.25) is 5.02 Å². The van der Waals surface area contributed by atoms with Gasteiger partial charge >= 0.3 is 0 Å². The molecule has 1 aromatic heterocycles. The highest BCUT2D eigenvalue weighted by Gasteiger charge is 2.34. The maximum Gasteiger partial charge on any atom is 0.255 e. The average Bonchev–Trinajstić information content (AvgIpc) is 3.34. The van der Waals surface area contributed by atoms with E-state index in [-0.39, 0.29) is 5.91 Å². The Morgan fingerprint density at radius 3 is 2.54 bits per heavy atom. The maximum absolute atomic E-state index is 13.7. The number of halogens is 1. The van der Waals surface area contributed by atoms with Crippen LogP contribution in [-0.2, 0) is 10.5 Å². The van der Waals surface area contributed by atoms with Gasteiger partial charge in [0.1, 0.15) is 11.8 Å². The van der Waals surface area contributed by atoms with E-state index in [2.05, 4.69) is 48.7 Å². The summed E-state index contributed by atoms with van der Waals surface area (Å²) in [6, 6.07) is 23.0. The molecule has 0 aliphatic carbocycles. The van der Waals surface area contributed by atoms with Crippen molar-refractivity contribution in [1.82, 2.24) is 14.8 Å². The van der Waals surface area contributed by atoms with Gasteiger partial charge in [0, 0.05) is 22.2 Å². The largest absolute Gasteiger partial charge is 0.497 e. The molecule has 0 saturated heterocycles. The van der Waals surface area contributed by atoms with Gasteiger partial charge in [-0.05, 0) is 65.9 Å². The first-order valence-electron chi connectivity index (χ1n) is 12.7. The molecule has 0 saturated carbocycles. The molecule has 1 atom stereocenters. The van der Waals surface area contributed by atoms with Crippen molar-refractivity contribution in [3.8, 4) is 5.75 Å². The monoisotopic (exact) mass is 559 g/mol. The molecule has 0 fully saturated rings. The van der Waals surface area contributed by atoms with Crippen molar-refractivity contribution in [2.75, 3.05) is 17.7 Å². The third-order valence-corrected chi connectivity index (χ3v) is 7.75. The lowest BCUT2D eigenvalue weighted by Crippen LogP contribution is -2.31. The lowest BCUT2D eigenvalue weighted by molar-refractivity contribution is -0.113. The minimum absolute atomic E-state index is 0.211. The molecule has 4 aromatic rings. The van der Waals surface area contributed by atoms with Gasteiger partial charge in [-0.1, -0.05) is 73.6 Å². The molecule has 2 heterocycles. The van der Waals surface area contributed by atoms with E-state index in [0.29, 0.717) is 39.1 Å². The van der Waals surface area contributed by atoms with Crippen molar-refractivity contribution >= 4 is 40.9 Å². The number of nitrogens with zero attached hydrogens (tertiary/aromatic N) is 3. The summed E-state index contributed by atoms with van der Waals surface area (Å²) >= 11 is 7.68. The van der Waals surface area contributed by atoms with Crippen molar-refractivity contribution in [1.29, 1.82) is 0 Å². The number of amides is 1. The van der Waals surface area contributed by atoms with E-state index < -0.39 is 6.04 Å². The SMILES string of the molecule is COc1ccc(NC(=O)C2=C(C)Nc3nc(SCc4cccc(Cl)c4)nn3[C@H]2c2ccc(C(C)C)cc2)cc1. The van der Waals surface area contributed by atoms with Crippen molar-refractivity contribution in [2.24, 2.45) is 0 Å². The summed E-state index contributed by atoms with van der Waals surface area (Å²) < 4.78 is 7.05. The number of rotatable bonds is 8. The van der Waals surface area contributed by atoms with E-state index in [0.717, 1.165) is 22.6 Å². The molecule has 39 heavy (non-hydrogen) atoms. The number of nitrogens with one attached hydrogen (secondary N) is 2. The van der Waals surface area contributed by atoms with E-state index in [9.17, 15) is 4.79 Å². The van der Waals surface area contributed by atoms with Crippen LogP contribution >= 0.6 is 23.4 Å². The van der Waals surface area contributed by atoms with E-state index in [4.69, 9.17) is 26.4 Å². The summed E-state index contributed by atoms with van der Waals surface area (Å²) in [4.78, 5) is 18.5. The summed E-state index contributed by atoms with van der Waals surface area (Å²) in [5, 5.41) is 12.5. The second-order valence-electron chi connectivity index (χ2n) is 9.65. The quantitative estimate of drug-likeness (QED) is 0.221. The Bertz CT molecular complexity index is 1510. The van der Waals surface area contributed by atoms with Crippen LogP contribution in [0.1, 0.15) is 49.4 Å². The van der Waals surface area contributed by atoms with Crippen molar-refractivity contribution in [3.05, 3.63) is 106 Å². The van der Waals surface area contributed by atoms with Crippen LogP contribution in [0.15, 0.2) is 89.2 Å². The normalized spacial score (nSPS) is 14.7. The standard InChI is InChI=1S/C30H30ClN5O2S/c1-18(2)21-8-10-22(11-9-21)27-26(28(37)33-24-12-14-25(38-4)15-13-24)19(3)32-29-34-30(35-36(27)29)39-17-20-6-5-7-23(31)16-20/h5-16,18,27H,17H2,1-4H3,(H,33,37)(H,32,34,35)/t27-/m0/s1. The number of carbonyl (C=O) groups excluding carboxylic acids is 1. The maximum atomic E-state index is 13.7. The van der Waals surface area contributed by atoms with Crippen LogP contribution < -0.4 is 15.4 Å². The molecule has 0 bridgehead atoms. The molecule has 0 spiro atoms. The molecule has 2 N–H and O–H groups in total. The molecule has 9 heteroatoms. The highest BCUT2D eigenvalue weighted by atomic mass is 35.5.